The first kappa shape index (κ1) is 12.5. The van der Waals surface area contributed by atoms with E-state index in [2.05, 4.69) is 10.6 Å². The smallest absolute Gasteiger partial charge is 0.240 e. The molecular weight excluding hydrogens is 192 g/mol. The summed E-state index contributed by atoms with van der Waals surface area (Å²) in [5.41, 5.74) is -0.357. The Labute approximate surface area is 91.4 Å². The molecule has 0 aromatic carbocycles. The van der Waals surface area contributed by atoms with Gasteiger partial charge in [-0.05, 0) is 39.2 Å². The normalized spacial score (nSPS) is 27.7. The van der Waals surface area contributed by atoms with E-state index in [9.17, 15) is 4.79 Å². The van der Waals surface area contributed by atoms with Gasteiger partial charge in [-0.15, -0.1) is 0 Å². The second-order valence-corrected chi connectivity index (χ2v) is 4.35. The highest BCUT2D eigenvalue weighted by molar-refractivity contribution is 5.86. The largest absolute Gasteiger partial charge is 0.396 e. The highest BCUT2D eigenvalue weighted by Gasteiger charge is 2.39. The molecule has 1 rings (SSSR count). The predicted molar refractivity (Wildman–Crippen MR) is 59.6 cm³/mol. The van der Waals surface area contributed by atoms with E-state index in [1.807, 2.05) is 13.8 Å². The fourth-order valence-corrected chi connectivity index (χ4v) is 2.09. The van der Waals surface area contributed by atoms with Crippen LogP contribution in [0.2, 0.25) is 0 Å². The highest BCUT2D eigenvalue weighted by atomic mass is 16.3. The number of carbonyl (C=O) groups excluding carboxylic acids is 1. The van der Waals surface area contributed by atoms with Gasteiger partial charge in [-0.3, -0.25) is 4.79 Å². The Morgan fingerprint density at radius 1 is 1.67 bits per heavy atom. The van der Waals surface area contributed by atoms with E-state index in [4.69, 9.17) is 5.11 Å². The summed E-state index contributed by atoms with van der Waals surface area (Å²) in [6.07, 6.45) is 3.42. The van der Waals surface area contributed by atoms with Crippen molar-refractivity contribution in [2.75, 3.05) is 13.2 Å². The van der Waals surface area contributed by atoms with Crippen molar-refractivity contribution in [3.8, 4) is 0 Å². The average Bonchev–Trinajstić information content (AvgIpc) is 2.67. The van der Waals surface area contributed by atoms with Gasteiger partial charge < -0.3 is 15.7 Å². The van der Waals surface area contributed by atoms with E-state index in [1.54, 1.807) is 0 Å². The molecule has 0 aliphatic carbocycles. The van der Waals surface area contributed by atoms with Crippen molar-refractivity contribution in [3.63, 3.8) is 0 Å². The molecule has 1 aliphatic heterocycles. The zero-order chi connectivity index (χ0) is 11.3. The van der Waals surface area contributed by atoms with Crippen molar-refractivity contribution in [2.24, 2.45) is 0 Å². The molecule has 0 spiro atoms. The van der Waals surface area contributed by atoms with Gasteiger partial charge in [0.05, 0.1) is 5.54 Å². The maximum atomic E-state index is 12.0. The van der Waals surface area contributed by atoms with Crippen LogP contribution in [0.1, 0.15) is 39.5 Å². The van der Waals surface area contributed by atoms with Gasteiger partial charge in [0.1, 0.15) is 0 Å². The summed E-state index contributed by atoms with van der Waals surface area (Å²) in [5, 5.41) is 15.0. The Hall–Kier alpha value is -0.610. The van der Waals surface area contributed by atoms with E-state index in [0.717, 1.165) is 25.8 Å². The molecule has 4 heteroatoms. The van der Waals surface area contributed by atoms with E-state index in [0.29, 0.717) is 6.42 Å². The standard InChI is InChI=1S/C11H22N2O2/c1-3-11(6-4-7-12-11)10(15)13-9(2)5-8-14/h9,12,14H,3-8H2,1-2H3,(H,13,15). The van der Waals surface area contributed by atoms with Crippen LogP contribution in [0, 0.1) is 0 Å². The fourth-order valence-electron chi connectivity index (χ4n) is 2.09. The first-order valence-electron chi connectivity index (χ1n) is 5.81. The van der Waals surface area contributed by atoms with Gasteiger partial charge in [0.25, 0.3) is 0 Å². The number of aliphatic hydroxyl groups excluding tert-OH is 1. The number of hydrogen-bond acceptors (Lipinski definition) is 3. The topological polar surface area (TPSA) is 61.4 Å². The third-order valence-corrected chi connectivity index (χ3v) is 3.22. The van der Waals surface area contributed by atoms with Crippen molar-refractivity contribution >= 4 is 5.91 Å². The maximum absolute atomic E-state index is 12.0. The molecule has 2 unspecified atom stereocenters. The number of carbonyl (C=O) groups is 1. The quantitative estimate of drug-likeness (QED) is 0.621. The molecule has 1 saturated heterocycles. The second-order valence-electron chi connectivity index (χ2n) is 4.35. The molecule has 0 radical (unpaired) electrons. The molecule has 88 valence electrons. The van der Waals surface area contributed by atoms with Crippen molar-refractivity contribution in [1.82, 2.24) is 10.6 Å². The maximum Gasteiger partial charge on any atom is 0.240 e. The molecule has 0 bridgehead atoms. The lowest BCUT2D eigenvalue weighted by Crippen LogP contribution is -2.55. The second kappa shape index (κ2) is 5.47. The first-order chi connectivity index (χ1) is 7.14. The Morgan fingerprint density at radius 3 is 2.87 bits per heavy atom. The molecule has 1 heterocycles. The molecule has 2 atom stereocenters. The minimum atomic E-state index is -0.357. The monoisotopic (exact) mass is 214 g/mol. The van der Waals surface area contributed by atoms with Crippen LogP contribution in [0.4, 0.5) is 0 Å². The summed E-state index contributed by atoms with van der Waals surface area (Å²) in [6, 6.07) is 0.0494. The predicted octanol–water partition coefficient (Wildman–Crippen LogP) is 0.406. The zero-order valence-electron chi connectivity index (χ0n) is 9.68. The number of amides is 1. The fraction of sp³-hybridized carbons (Fsp3) is 0.909. The third-order valence-electron chi connectivity index (χ3n) is 3.22. The summed E-state index contributed by atoms with van der Waals surface area (Å²) >= 11 is 0. The van der Waals surface area contributed by atoms with Gasteiger partial charge in [-0.25, -0.2) is 0 Å². The first-order valence-corrected chi connectivity index (χ1v) is 5.81. The Balaban J connectivity index is 2.50. The van der Waals surface area contributed by atoms with E-state index in [1.165, 1.54) is 0 Å². The molecule has 15 heavy (non-hydrogen) atoms. The van der Waals surface area contributed by atoms with Crippen molar-refractivity contribution in [3.05, 3.63) is 0 Å². The summed E-state index contributed by atoms with van der Waals surface area (Å²) in [4.78, 5) is 12.0. The van der Waals surface area contributed by atoms with Crippen molar-refractivity contribution in [2.45, 2.75) is 51.1 Å². The Morgan fingerprint density at radius 2 is 2.40 bits per heavy atom. The van der Waals surface area contributed by atoms with Gasteiger partial charge in [-0.1, -0.05) is 6.92 Å². The molecule has 0 aromatic rings. The van der Waals surface area contributed by atoms with Crippen LogP contribution >= 0.6 is 0 Å². The number of aliphatic hydroxyl groups is 1. The van der Waals surface area contributed by atoms with Gasteiger partial charge in [0, 0.05) is 12.6 Å². The van der Waals surface area contributed by atoms with Crippen molar-refractivity contribution < 1.29 is 9.90 Å². The van der Waals surface area contributed by atoms with E-state index in [-0.39, 0.29) is 24.1 Å². The molecule has 3 N–H and O–H groups in total. The summed E-state index contributed by atoms with van der Waals surface area (Å²) in [6.45, 7) is 5.00. The lowest BCUT2D eigenvalue weighted by molar-refractivity contribution is -0.128. The summed E-state index contributed by atoms with van der Waals surface area (Å²) < 4.78 is 0. The van der Waals surface area contributed by atoms with Crippen LogP contribution in [0.15, 0.2) is 0 Å². The minimum absolute atomic E-state index is 0.0494. The van der Waals surface area contributed by atoms with Crippen molar-refractivity contribution in [1.29, 1.82) is 0 Å². The van der Waals surface area contributed by atoms with E-state index >= 15 is 0 Å². The zero-order valence-corrected chi connectivity index (χ0v) is 9.68. The molecule has 1 fully saturated rings. The summed E-state index contributed by atoms with van der Waals surface area (Å²) in [5.74, 6) is 0.0865. The average molecular weight is 214 g/mol. The van der Waals surface area contributed by atoms with Crippen LogP contribution in [0.5, 0.6) is 0 Å². The van der Waals surface area contributed by atoms with Crippen LogP contribution in [0.3, 0.4) is 0 Å². The lowest BCUT2D eigenvalue weighted by atomic mass is 9.93. The van der Waals surface area contributed by atoms with Crippen LogP contribution in [-0.2, 0) is 4.79 Å². The van der Waals surface area contributed by atoms with Crippen LogP contribution in [0.25, 0.3) is 0 Å². The third kappa shape index (κ3) is 2.92. The lowest BCUT2D eigenvalue weighted by Gasteiger charge is -2.28. The number of hydrogen-bond donors (Lipinski definition) is 3. The molecule has 1 aliphatic rings. The van der Waals surface area contributed by atoms with Crippen LogP contribution < -0.4 is 10.6 Å². The molecule has 0 saturated carbocycles. The van der Waals surface area contributed by atoms with E-state index < -0.39 is 0 Å². The molecule has 4 nitrogen and oxygen atoms in total. The molecular formula is C11H22N2O2. The molecule has 0 aromatic heterocycles. The Kier molecular flexibility index (Phi) is 4.54. The number of rotatable bonds is 5. The highest BCUT2D eigenvalue weighted by Crippen LogP contribution is 2.23. The van der Waals surface area contributed by atoms with Gasteiger partial charge in [0.15, 0.2) is 0 Å². The minimum Gasteiger partial charge on any atom is -0.396 e. The summed E-state index contributed by atoms with van der Waals surface area (Å²) in [7, 11) is 0. The van der Waals surface area contributed by atoms with Crippen LogP contribution in [-0.4, -0.2) is 35.7 Å². The van der Waals surface area contributed by atoms with Gasteiger partial charge in [-0.2, -0.15) is 0 Å². The number of nitrogens with one attached hydrogen (secondary N) is 2. The van der Waals surface area contributed by atoms with Gasteiger partial charge >= 0.3 is 0 Å². The molecule has 1 amide bonds. The SMILES string of the molecule is CCC1(C(=O)NC(C)CCO)CCCN1. The Bertz CT molecular complexity index is 213. The van der Waals surface area contributed by atoms with Gasteiger partial charge in [0.2, 0.25) is 5.91 Å².